The summed E-state index contributed by atoms with van der Waals surface area (Å²) in [5.74, 6) is 1.11. The zero-order valence-electron chi connectivity index (χ0n) is 51.6. The van der Waals surface area contributed by atoms with Gasteiger partial charge in [-0.2, -0.15) is 0 Å². The molecule has 5 aromatic rings. The molecule has 0 atom stereocenters. The SMILES string of the molecule is C=C(/C=C\COCC/C=C\C(=C/C(=C)C(C)C)B(c1c(C)cc(C)cc1C)c1c(C)cc(C)cc1C)C1=C=CC=C(C2=CCC3CCC(Cc4ccc(B(c5c(C)cc(C)cc5C)c5c(C)cc(C)cc5CC)cc4)(CC3)C2)C=C1. The number of aryl methyl sites for hydroxylation is 12. The first-order valence-corrected chi connectivity index (χ1v) is 30.2. The molecule has 9 rings (SSSR count). The van der Waals surface area contributed by atoms with E-state index in [0.29, 0.717) is 19.1 Å². The molecule has 1 saturated carbocycles. The Morgan fingerprint density at radius 1 is 0.688 bits per heavy atom. The van der Waals surface area contributed by atoms with E-state index in [-0.39, 0.29) is 18.8 Å². The first kappa shape index (κ1) is 59.7. The van der Waals surface area contributed by atoms with Crippen molar-refractivity contribution in [2.24, 2.45) is 17.3 Å². The predicted octanol–water partition coefficient (Wildman–Crippen LogP) is 16.2. The minimum atomic E-state index is 0.0852. The molecule has 80 heavy (non-hydrogen) atoms. The van der Waals surface area contributed by atoms with Crippen LogP contribution in [0, 0.1) is 93.4 Å². The van der Waals surface area contributed by atoms with Gasteiger partial charge in [0.25, 0.3) is 0 Å². The highest BCUT2D eigenvalue weighted by molar-refractivity contribution is 6.96. The Balaban J connectivity index is 0.914. The summed E-state index contributed by atoms with van der Waals surface area (Å²) < 4.78 is 6.22. The van der Waals surface area contributed by atoms with Gasteiger partial charge in [0.1, 0.15) is 0 Å². The molecule has 0 N–H and O–H groups in total. The molecule has 4 aliphatic carbocycles. The average molecular weight is 1060 g/mol. The molecular formula is C77H92B2O. The molecule has 0 aliphatic heterocycles. The molecule has 0 saturated heterocycles. The number of fused-ring (bicyclic) bond motifs is 4. The predicted molar refractivity (Wildman–Crippen MR) is 353 cm³/mol. The van der Waals surface area contributed by atoms with Crippen LogP contribution in [-0.2, 0) is 17.6 Å². The monoisotopic (exact) mass is 1050 g/mol. The molecule has 412 valence electrons. The Hall–Kier alpha value is -6.37. The molecule has 0 spiro atoms. The summed E-state index contributed by atoms with van der Waals surface area (Å²) in [6, 6.07) is 28.8. The third-order valence-corrected chi connectivity index (χ3v) is 18.0. The van der Waals surface area contributed by atoms with Crippen LogP contribution in [0.3, 0.4) is 0 Å². The van der Waals surface area contributed by atoms with E-state index in [4.69, 9.17) is 4.74 Å². The molecule has 0 amide bonds. The van der Waals surface area contributed by atoms with Gasteiger partial charge in [0.2, 0.25) is 13.4 Å². The maximum Gasteiger partial charge on any atom is 0.242 e. The van der Waals surface area contributed by atoms with Crippen LogP contribution in [0.15, 0.2) is 186 Å². The summed E-state index contributed by atoms with van der Waals surface area (Å²) in [6.45, 7) is 42.1. The second kappa shape index (κ2) is 26.5. The van der Waals surface area contributed by atoms with Crippen LogP contribution in [0.5, 0.6) is 0 Å². The van der Waals surface area contributed by atoms with E-state index in [1.807, 2.05) is 0 Å². The lowest BCUT2D eigenvalue weighted by Crippen LogP contribution is -2.56. The quantitative estimate of drug-likeness (QED) is 0.0327. The zero-order valence-corrected chi connectivity index (χ0v) is 51.6. The molecule has 5 aromatic carbocycles. The highest BCUT2D eigenvalue weighted by Gasteiger charge is 2.38. The minimum Gasteiger partial charge on any atom is -0.377 e. The van der Waals surface area contributed by atoms with Crippen molar-refractivity contribution in [3.63, 3.8) is 0 Å². The lowest BCUT2D eigenvalue weighted by atomic mass is 9.33. The number of hydrogen-bond donors (Lipinski definition) is 0. The van der Waals surface area contributed by atoms with Crippen molar-refractivity contribution in [3.8, 4) is 0 Å². The summed E-state index contributed by atoms with van der Waals surface area (Å²) in [5, 5.41) is 0. The van der Waals surface area contributed by atoms with Gasteiger partial charge in [-0.25, -0.2) is 0 Å². The van der Waals surface area contributed by atoms with E-state index in [1.165, 1.54) is 148 Å². The van der Waals surface area contributed by atoms with Crippen LogP contribution in [0.2, 0.25) is 0 Å². The summed E-state index contributed by atoms with van der Waals surface area (Å²) in [4.78, 5) is 0. The van der Waals surface area contributed by atoms with Gasteiger partial charge in [-0.05, 0) is 192 Å². The van der Waals surface area contributed by atoms with E-state index >= 15 is 0 Å². The number of allylic oxidation sites excluding steroid dienone is 13. The third kappa shape index (κ3) is 14.2. The summed E-state index contributed by atoms with van der Waals surface area (Å²) in [7, 11) is 0. The van der Waals surface area contributed by atoms with Gasteiger partial charge in [0, 0.05) is 5.57 Å². The van der Waals surface area contributed by atoms with Gasteiger partial charge in [0.05, 0.1) is 13.2 Å². The Labute approximate surface area is 486 Å². The first-order valence-electron chi connectivity index (χ1n) is 30.2. The average Bonchev–Trinajstić information content (AvgIpc) is 3.67. The standard InChI is InChI=1S/C77H92B2O/c1-17-67-47-55(7)46-64(16)76(67)78(73-58(10)40-52(4)41-59(73)11)71-32-27-66(28-33-71)49-77-36-34-65(35-37-77)26-29-70(50-77)69-24-20-23-68(30-31-69)56(8)22-21-39-80-38-19-18-25-72(48-57(9)51(2)3)79(74-60(12)42-53(5)43-61(74)13)75-62(14)44-54(6)45-63(75)15/h18,20-22,24-25,27-33,40-48,51,65H,8-9,17,19,26,34-39,49-50H2,1-7,10-16H3/b22-21-,25-18-,70-29?,72-48+. The van der Waals surface area contributed by atoms with E-state index < -0.39 is 0 Å². The lowest BCUT2D eigenvalue weighted by Gasteiger charge is -2.43. The van der Waals surface area contributed by atoms with Gasteiger partial charge in [-0.3, -0.25) is 0 Å². The first-order chi connectivity index (χ1) is 38.2. The summed E-state index contributed by atoms with van der Waals surface area (Å²) >= 11 is 0. The Kier molecular flexibility index (Phi) is 19.8. The van der Waals surface area contributed by atoms with Crippen molar-refractivity contribution < 1.29 is 4.74 Å². The molecule has 0 unspecified atom stereocenters. The van der Waals surface area contributed by atoms with Crippen molar-refractivity contribution in [3.05, 3.63) is 258 Å². The van der Waals surface area contributed by atoms with Crippen molar-refractivity contribution in [2.45, 2.75) is 155 Å². The summed E-state index contributed by atoms with van der Waals surface area (Å²) in [5.41, 5.74) is 35.7. The minimum absolute atomic E-state index is 0.0852. The number of ether oxygens (including phenoxy) is 1. The smallest absolute Gasteiger partial charge is 0.242 e. The fourth-order valence-corrected chi connectivity index (χ4v) is 14.2. The van der Waals surface area contributed by atoms with E-state index in [9.17, 15) is 0 Å². The van der Waals surface area contributed by atoms with Gasteiger partial charge in [0.15, 0.2) is 0 Å². The fraction of sp³-hybridized carbons (Fsp3) is 0.364. The van der Waals surface area contributed by atoms with E-state index in [1.54, 1.807) is 0 Å². The second-order valence-electron chi connectivity index (χ2n) is 25.1. The molecule has 0 radical (unpaired) electrons. The van der Waals surface area contributed by atoms with Crippen LogP contribution >= 0.6 is 0 Å². The molecule has 1 nitrogen and oxygen atoms in total. The van der Waals surface area contributed by atoms with Crippen LogP contribution in [0.4, 0.5) is 0 Å². The molecule has 1 fully saturated rings. The van der Waals surface area contributed by atoms with Gasteiger partial charge in [-0.1, -0.05) is 254 Å². The van der Waals surface area contributed by atoms with E-state index in [0.717, 1.165) is 48.3 Å². The van der Waals surface area contributed by atoms with Crippen molar-refractivity contribution in [1.29, 1.82) is 0 Å². The third-order valence-electron chi connectivity index (χ3n) is 18.0. The van der Waals surface area contributed by atoms with Gasteiger partial charge < -0.3 is 4.74 Å². The lowest BCUT2D eigenvalue weighted by molar-refractivity contribution is 0.142. The maximum atomic E-state index is 6.22. The highest BCUT2D eigenvalue weighted by Crippen LogP contribution is 2.50. The molecule has 2 bridgehead atoms. The van der Waals surface area contributed by atoms with Crippen molar-refractivity contribution >= 4 is 40.7 Å². The number of benzene rings is 5. The highest BCUT2D eigenvalue weighted by atomic mass is 16.5. The van der Waals surface area contributed by atoms with Crippen LogP contribution in [0.25, 0.3) is 0 Å². The number of hydrogen-bond acceptors (Lipinski definition) is 1. The largest absolute Gasteiger partial charge is 0.377 e. The second-order valence-corrected chi connectivity index (χ2v) is 25.1. The molecular weight excluding hydrogens is 962 g/mol. The molecule has 3 heteroatoms. The summed E-state index contributed by atoms with van der Waals surface area (Å²) in [6.07, 6.45) is 33.1. The number of rotatable bonds is 20. The van der Waals surface area contributed by atoms with Crippen LogP contribution in [-0.4, -0.2) is 26.6 Å². The van der Waals surface area contributed by atoms with Crippen molar-refractivity contribution in [2.75, 3.05) is 13.2 Å². The van der Waals surface area contributed by atoms with E-state index in [2.05, 4.69) is 249 Å². The van der Waals surface area contributed by atoms with Gasteiger partial charge >= 0.3 is 0 Å². The zero-order chi connectivity index (χ0) is 57.4. The van der Waals surface area contributed by atoms with Gasteiger partial charge in [-0.15, -0.1) is 5.73 Å². The molecule has 0 aromatic heterocycles. The van der Waals surface area contributed by atoms with Crippen LogP contribution in [0.1, 0.15) is 138 Å². The molecule has 0 heterocycles. The van der Waals surface area contributed by atoms with Crippen LogP contribution < -0.4 is 27.3 Å². The Bertz CT molecular complexity index is 3270. The maximum absolute atomic E-state index is 6.22. The molecule has 4 aliphatic rings. The topological polar surface area (TPSA) is 9.23 Å². The Morgan fingerprint density at radius 2 is 1.24 bits per heavy atom. The Morgan fingerprint density at radius 3 is 1.80 bits per heavy atom. The normalized spacial score (nSPS) is 17.4. The van der Waals surface area contributed by atoms with Crippen molar-refractivity contribution in [1.82, 2.24) is 0 Å². The fourth-order valence-electron chi connectivity index (χ4n) is 14.2.